The van der Waals surface area contributed by atoms with Crippen LogP contribution in [0.25, 0.3) is 0 Å². The molecule has 1 unspecified atom stereocenters. The molecule has 0 aromatic carbocycles. The maximum absolute atomic E-state index is 11.3. The lowest BCUT2D eigenvalue weighted by Gasteiger charge is -2.21. The number of amides is 1. The van der Waals surface area contributed by atoms with Gasteiger partial charge in [-0.2, -0.15) is 0 Å². The first-order chi connectivity index (χ1) is 5.61. The molecule has 12 heavy (non-hydrogen) atoms. The van der Waals surface area contributed by atoms with E-state index in [1.807, 2.05) is 11.8 Å². The topological polar surface area (TPSA) is 20.3 Å². The molecule has 1 heterocycles. The van der Waals surface area contributed by atoms with Crippen molar-refractivity contribution in [1.82, 2.24) is 4.90 Å². The molecule has 1 atom stereocenters. The summed E-state index contributed by atoms with van der Waals surface area (Å²) in [5, 5.41) is 0.994. The highest BCUT2D eigenvalue weighted by Crippen LogP contribution is 2.31. The Balaban J connectivity index is 2.50. The van der Waals surface area contributed by atoms with Crippen LogP contribution in [0.3, 0.4) is 0 Å². The van der Waals surface area contributed by atoms with Gasteiger partial charge in [0, 0.05) is 24.8 Å². The van der Waals surface area contributed by atoms with Crippen molar-refractivity contribution in [2.75, 3.05) is 18.4 Å². The third-order valence-electron chi connectivity index (χ3n) is 2.54. The molecule has 0 aliphatic carbocycles. The molecule has 3 heteroatoms. The summed E-state index contributed by atoms with van der Waals surface area (Å²) in [6.45, 7) is 6.01. The highest BCUT2D eigenvalue weighted by atomic mass is 79.9. The van der Waals surface area contributed by atoms with Crippen LogP contribution < -0.4 is 0 Å². The second-order valence-electron chi connectivity index (χ2n) is 3.86. The molecule has 0 aromatic rings. The first kappa shape index (κ1) is 10.0. The highest BCUT2D eigenvalue weighted by Gasteiger charge is 2.34. The van der Waals surface area contributed by atoms with Crippen molar-refractivity contribution in [2.24, 2.45) is 5.41 Å². The van der Waals surface area contributed by atoms with Crippen molar-refractivity contribution in [3.63, 3.8) is 0 Å². The molecule has 1 fully saturated rings. The average molecular weight is 234 g/mol. The first-order valence-corrected chi connectivity index (χ1v) is 5.57. The summed E-state index contributed by atoms with van der Waals surface area (Å²) in [4.78, 5) is 13.3. The number of likely N-dealkylation sites (tertiary alicyclic amines) is 1. The van der Waals surface area contributed by atoms with Gasteiger partial charge in [-0.25, -0.2) is 0 Å². The van der Waals surface area contributed by atoms with Crippen molar-refractivity contribution in [1.29, 1.82) is 0 Å². The molecule has 1 saturated heterocycles. The van der Waals surface area contributed by atoms with E-state index in [4.69, 9.17) is 0 Å². The van der Waals surface area contributed by atoms with Gasteiger partial charge in [0.2, 0.25) is 5.91 Å². The van der Waals surface area contributed by atoms with Gasteiger partial charge in [0.1, 0.15) is 0 Å². The third kappa shape index (κ3) is 2.00. The van der Waals surface area contributed by atoms with E-state index >= 15 is 0 Å². The van der Waals surface area contributed by atoms with Crippen LogP contribution in [-0.4, -0.2) is 29.2 Å². The van der Waals surface area contributed by atoms with Crippen LogP contribution >= 0.6 is 15.9 Å². The van der Waals surface area contributed by atoms with Crippen LogP contribution in [0, 0.1) is 5.41 Å². The molecule has 1 aliphatic rings. The summed E-state index contributed by atoms with van der Waals surface area (Å²) in [6.07, 6.45) is 1.77. The maximum Gasteiger partial charge on any atom is 0.222 e. The van der Waals surface area contributed by atoms with Gasteiger partial charge in [-0.15, -0.1) is 0 Å². The van der Waals surface area contributed by atoms with Crippen LogP contribution in [0.2, 0.25) is 0 Å². The second kappa shape index (κ2) is 3.77. The minimum Gasteiger partial charge on any atom is -0.342 e. The van der Waals surface area contributed by atoms with Gasteiger partial charge in [0.15, 0.2) is 0 Å². The largest absolute Gasteiger partial charge is 0.342 e. The van der Waals surface area contributed by atoms with Gasteiger partial charge in [-0.3, -0.25) is 4.79 Å². The summed E-state index contributed by atoms with van der Waals surface area (Å²) in [6, 6.07) is 0. The Morgan fingerprint density at radius 2 is 2.33 bits per heavy atom. The van der Waals surface area contributed by atoms with Crippen molar-refractivity contribution >= 4 is 21.8 Å². The van der Waals surface area contributed by atoms with E-state index in [1.54, 1.807) is 0 Å². The zero-order valence-electron chi connectivity index (χ0n) is 7.77. The number of hydrogen-bond donors (Lipinski definition) is 0. The molecule has 2 nitrogen and oxygen atoms in total. The number of halogens is 1. The molecule has 0 bridgehead atoms. The standard InChI is InChI=1S/C9H16BrNO/c1-3-8(12)11-5-4-9(2,6-10)7-11/h3-7H2,1-2H3. The Morgan fingerprint density at radius 3 is 2.75 bits per heavy atom. The number of hydrogen-bond acceptors (Lipinski definition) is 1. The predicted octanol–water partition coefficient (Wildman–Crippen LogP) is 2.03. The van der Waals surface area contributed by atoms with Gasteiger partial charge in [0.25, 0.3) is 0 Å². The quantitative estimate of drug-likeness (QED) is 0.669. The summed E-state index contributed by atoms with van der Waals surface area (Å²) >= 11 is 3.49. The molecule has 0 aromatic heterocycles. The lowest BCUT2D eigenvalue weighted by molar-refractivity contribution is -0.130. The molecule has 70 valence electrons. The SMILES string of the molecule is CCC(=O)N1CCC(C)(CBr)C1. The fourth-order valence-corrected chi connectivity index (χ4v) is 2.03. The summed E-state index contributed by atoms with van der Waals surface area (Å²) < 4.78 is 0. The monoisotopic (exact) mass is 233 g/mol. The van der Waals surface area contributed by atoms with Crippen LogP contribution in [0.5, 0.6) is 0 Å². The lowest BCUT2D eigenvalue weighted by atomic mass is 9.93. The maximum atomic E-state index is 11.3. The molecular formula is C9H16BrNO. The molecular weight excluding hydrogens is 218 g/mol. The number of alkyl halides is 1. The molecule has 0 radical (unpaired) electrons. The van der Waals surface area contributed by atoms with E-state index in [2.05, 4.69) is 22.9 Å². The Bertz CT molecular complexity index is 183. The van der Waals surface area contributed by atoms with Crippen molar-refractivity contribution in [2.45, 2.75) is 26.7 Å². The van der Waals surface area contributed by atoms with Gasteiger partial charge in [-0.1, -0.05) is 29.8 Å². The molecule has 1 rings (SSSR count). The van der Waals surface area contributed by atoms with Crippen LogP contribution in [0.1, 0.15) is 26.7 Å². The van der Waals surface area contributed by atoms with Gasteiger partial charge in [0.05, 0.1) is 0 Å². The normalized spacial score (nSPS) is 29.4. The number of carbonyl (C=O) groups is 1. The first-order valence-electron chi connectivity index (χ1n) is 4.45. The summed E-state index contributed by atoms with van der Waals surface area (Å²) in [5.74, 6) is 0.291. The zero-order valence-corrected chi connectivity index (χ0v) is 9.35. The van der Waals surface area contributed by atoms with E-state index in [1.165, 1.54) is 0 Å². The second-order valence-corrected chi connectivity index (χ2v) is 4.42. The van der Waals surface area contributed by atoms with Crippen LogP contribution in [0.4, 0.5) is 0 Å². The third-order valence-corrected chi connectivity index (χ3v) is 3.89. The number of rotatable bonds is 2. The number of carbonyl (C=O) groups excluding carboxylic acids is 1. The minimum absolute atomic E-state index is 0.291. The Hall–Kier alpha value is -0.0500. The Morgan fingerprint density at radius 1 is 1.67 bits per heavy atom. The molecule has 0 N–H and O–H groups in total. The Labute approximate surface area is 82.4 Å². The van der Waals surface area contributed by atoms with Crippen molar-refractivity contribution in [3.05, 3.63) is 0 Å². The zero-order chi connectivity index (χ0) is 9.19. The lowest BCUT2D eigenvalue weighted by Crippen LogP contribution is -2.30. The van der Waals surface area contributed by atoms with Crippen LogP contribution in [-0.2, 0) is 4.79 Å². The fourth-order valence-electron chi connectivity index (χ4n) is 1.57. The van der Waals surface area contributed by atoms with E-state index in [0.717, 1.165) is 24.8 Å². The van der Waals surface area contributed by atoms with E-state index < -0.39 is 0 Å². The van der Waals surface area contributed by atoms with Crippen molar-refractivity contribution in [3.8, 4) is 0 Å². The fraction of sp³-hybridized carbons (Fsp3) is 0.889. The Kier molecular flexibility index (Phi) is 3.16. The van der Waals surface area contributed by atoms with E-state index in [9.17, 15) is 4.79 Å². The average Bonchev–Trinajstić information content (AvgIpc) is 2.48. The van der Waals surface area contributed by atoms with Gasteiger partial charge < -0.3 is 4.90 Å². The summed E-state index contributed by atoms with van der Waals surface area (Å²) in [5.41, 5.74) is 0.310. The number of nitrogens with zero attached hydrogens (tertiary/aromatic N) is 1. The molecule has 0 spiro atoms. The molecule has 1 amide bonds. The van der Waals surface area contributed by atoms with Gasteiger partial charge >= 0.3 is 0 Å². The minimum atomic E-state index is 0.291. The van der Waals surface area contributed by atoms with E-state index in [-0.39, 0.29) is 0 Å². The van der Waals surface area contributed by atoms with Gasteiger partial charge in [-0.05, 0) is 11.8 Å². The smallest absolute Gasteiger partial charge is 0.222 e. The van der Waals surface area contributed by atoms with E-state index in [0.29, 0.717) is 17.7 Å². The highest BCUT2D eigenvalue weighted by molar-refractivity contribution is 9.09. The van der Waals surface area contributed by atoms with Crippen LogP contribution in [0.15, 0.2) is 0 Å². The molecule has 0 saturated carbocycles. The predicted molar refractivity (Wildman–Crippen MR) is 53.4 cm³/mol. The molecule has 1 aliphatic heterocycles. The summed E-state index contributed by atoms with van der Waals surface area (Å²) in [7, 11) is 0. The van der Waals surface area contributed by atoms with Crippen molar-refractivity contribution < 1.29 is 4.79 Å².